The lowest BCUT2D eigenvalue weighted by atomic mass is 10.0. The first-order chi connectivity index (χ1) is 15.8. The van der Waals surface area contributed by atoms with Crippen molar-refractivity contribution >= 4 is 39.8 Å². The van der Waals surface area contributed by atoms with Gasteiger partial charge in [-0.1, -0.05) is 11.3 Å². The third-order valence-corrected chi connectivity index (χ3v) is 5.07. The molecular weight excluding hydrogens is 454 g/mol. The van der Waals surface area contributed by atoms with Gasteiger partial charge in [0.25, 0.3) is 5.91 Å². The minimum Gasteiger partial charge on any atom is -0.455 e. The van der Waals surface area contributed by atoms with E-state index in [9.17, 15) is 9.59 Å². The van der Waals surface area contributed by atoms with Crippen LogP contribution in [-0.4, -0.2) is 33.3 Å². The second-order valence-electron chi connectivity index (χ2n) is 9.54. The van der Waals surface area contributed by atoms with Gasteiger partial charge in [-0.3, -0.25) is 15.0 Å². The van der Waals surface area contributed by atoms with Crippen molar-refractivity contribution in [3.8, 4) is 11.5 Å². The summed E-state index contributed by atoms with van der Waals surface area (Å²) in [5.74, 6) is 0.688. The molecule has 0 aliphatic rings. The zero-order valence-electron chi connectivity index (χ0n) is 20.1. The van der Waals surface area contributed by atoms with Gasteiger partial charge in [0, 0.05) is 16.8 Å². The van der Waals surface area contributed by atoms with Gasteiger partial charge in [-0.25, -0.2) is 4.79 Å². The lowest BCUT2D eigenvalue weighted by Crippen LogP contribution is -2.46. The molecule has 2 amide bonds. The van der Waals surface area contributed by atoms with Crippen LogP contribution >= 0.6 is 11.3 Å². The third kappa shape index (κ3) is 6.44. The Bertz CT molecular complexity index is 1150. The number of hydrogen-bond donors (Lipinski definition) is 2. The Hall–Kier alpha value is -3.66. The fraction of sp³-hybridized carbons (Fsp3) is 0.333. The first-order valence-corrected chi connectivity index (χ1v) is 11.5. The van der Waals surface area contributed by atoms with Crippen LogP contribution in [0.3, 0.4) is 0 Å². The highest BCUT2D eigenvalue weighted by atomic mass is 32.1. The molecular formula is C24H29N5O4S. The molecule has 2 aromatic carbocycles. The van der Waals surface area contributed by atoms with Gasteiger partial charge >= 0.3 is 6.09 Å². The van der Waals surface area contributed by atoms with Crippen LogP contribution in [-0.2, 0) is 4.74 Å². The van der Waals surface area contributed by atoms with Crippen LogP contribution in [0.2, 0.25) is 0 Å². The van der Waals surface area contributed by atoms with Crippen LogP contribution in [0.4, 0.5) is 21.3 Å². The smallest absolute Gasteiger partial charge is 0.412 e. The van der Waals surface area contributed by atoms with E-state index in [0.717, 1.165) is 0 Å². The van der Waals surface area contributed by atoms with Crippen LogP contribution in [0.1, 0.15) is 51.9 Å². The number of rotatable bonds is 5. The zero-order valence-corrected chi connectivity index (χ0v) is 20.9. The van der Waals surface area contributed by atoms with Gasteiger partial charge in [-0.05, 0) is 84.0 Å². The molecule has 0 aliphatic carbocycles. The summed E-state index contributed by atoms with van der Waals surface area (Å²) in [6.07, 6.45) is -0.538. The summed E-state index contributed by atoms with van der Waals surface area (Å²) in [5.41, 5.74) is 7.98. The number of nitrogens with one attached hydrogen (secondary N) is 1. The Balaban J connectivity index is 1.72. The number of nitrogens with two attached hydrogens (primary N) is 1. The molecule has 0 spiro atoms. The molecule has 34 heavy (non-hydrogen) atoms. The summed E-state index contributed by atoms with van der Waals surface area (Å²) >= 11 is 1.29. The van der Waals surface area contributed by atoms with Crippen molar-refractivity contribution in [1.82, 2.24) is 10.2 Å². The summed E-state index contributed by atoms with van der Waals surface area (Å²) in [4.78, 5) is 26.7. The van der Waals surface area contributed by atoms with Gasteiger partial charge in [-0.2, -0.15) is 0 Å². The maximum atomic E-state index is 13.2. The van der Waals surface area contributed by atoms with Gasteiger partial charge in [-0.15, -0.1) is 10.2 Å². The van der Waals surface area contributed by atoms with E-state index in [1.807, 2.05) is 20.8 Å². The number of carbonyl (C=O) groups is 2. The van der Waals surface area contributed by atoms with E-state index in [1.54, 1.807) is 73.6 Å². The van der Waals surface area contributed by atoms with Gasteiger partial charge in [0.05, 0.1) is 5.69 Å². The van der Waals surface area contributed by atoms with Gasteiger partial charge in [0.2, 0.25) is 5.13 Å². The Kier molecular flexibility index (Phi) is 7.11. The van der Waals surface area contributed by atoms with Crippen molar-refractivity contribution in [2.45, 2.75) is 52.7 Å². The van der Waals surface area contributed by atoms with Crippen molar-refractivity contribution in [3.63, 3.8) is 0 Å². The first kappa shape index (κ1) is 25.0. The monoisotopic (exact) mass is 483 g/mol. The number of benzene rings is 2. The van der Waals surface area contributed by atoms with E-state index in [4.69, 9.17) is 15.2 Å². The fourth-order valence-corrected chi connectivity index (χ4v) is 3.75. The van der Waals surface area contributed by atoms with E-state index >= 15 is 0 Å². The van der Waals surface area contributed by atoms with Crippen LogP contribution in [0.25, 0.3) is 0 Å². The molecule has 0 aliphatic heterocycles. The maximum absolute atomic E-state index is 13.2. The lowest BCUT2D eigenvalue weighted by molar-refractivity contribution is 0.0635. The predicted octanol–water partition coefficient (Wildman–Crippen LogP) is 5.70. The van der Waals surface area contributed by atoms with E-state index in [2.05, 4.69) is 15.5 Å². The van der Waals surface area contributed by atoms with Crippen molar-refractivity contribution in [3.05, 3.63) is 53.5 Å². The molecule has 9 nitrogen and oxygen atoms in total. The summed E-state index contributed by atoms with van der Waals surface area (Å²) in [5, 5.41) is 11.1. The van der Waals surface area contributed by atoms with E-state index < -0.39 is 17.2 Å². The minimum absolute atomic E-state index is 0.236. The fourth-order valence-electron chi connectivity index (χ4n) is 3.00. The molecule has 3 aromatic rings. The number of anilines is 3. The Morgan fingerprint density at radius 2 is 1.71 bits per heavy atom. The molecule has 0 fully saturated rings. The standard InChI is InChI=1S/C24H29N5O4S/c1-23(2,3)29(21-28-26-14-34-21)20(30)15-7-12-19(18(25)13-15)32-17-10-8-16(9-11-17)27-22(31)33-24(4,5)6/h7-14H,25H2,1-6H3,(H,27,31). The van der Waals surface area contributed by atoms with Crippen molar-refractivity contribution in [2.24, 2.45) is 0 Å². The zero-order chi connectivity index (χ0) is 25.1. The Morgan fingerprint density at radius 1 is 1.03 bits per heavy atom. The first-order valence-electron chi connectivity index (χ1n) is 10.6. The van der Waals surface area contributed by atoms with Gasteiger partial charge in [0.1, 0.15) is 22.6 Å². The number of aromatic nitrogens is 2. The third-order valence-electron chi connectivity index (χ3n) is 4.40. The second-order valence-corrected chi connectivity index (χ2v) is 10.4. The van der Waals surface area contributed by atoms with Crippen molar-refractivity contribution in [1.29, 1.82) is 0 Å². The predicted molar refractivity (Wildman–Crippen MR) is 134 cm³/mol. The molecule has 1 heterocycles. The highest BCUT2D eigenvalue weighted by Gasteiger charge is 2.31. The van der Waals surface area contributed by atoms with Crippen LogP contribution in [0.15, 0.2) is 48.0 Å². The second kappa shape index (κ2) is 9.68. The summed E-state index contributed by atoms with van der Waals surface area (Å²) in [6.45, 7) is 11.2. The highest BCUT2D eigenvalue weighted by Crippen LogP contribution is 2.32. The molecule has 3 N–H and O–H groups in total. The summed E-state index contributed by atoms with van der Waals surface area (Å²) in [6, 6.07) is 11.7. The molecule has 0 radical (unpaired) electrons. The largest absolute Gasteiger partial charge is 0.455 e. The van der Waals surface area contributed by atoms with Crippen molar-refractivity contribution in [2.75, 3.05) is 16.0 Å². The molecule has 180 valence electrons. The van der Waals surface area contributed by atoms with E-state index in [-0.39, 0.29) is 5.91 Å². The quantitative estimate of drug-likeness (QED) is 0.446. The van der Waals surface area contributed by atoms with E-state index in [0.29, 0.717) is 33.6 Å². The number of hydrogen-bond acceptors (Lipinski definition) is 8. The normalized spacial score (nSPS) is 11.6. The van der Waals surface area contributed by atoms with Crippen LogP contribution in [0, 0.1) is 0 Å². The average Bonchev–Trinajstić information content (AvgIpc) is 3.22. The molecule has 10 heteroatoms. The molecule has 0 saturated carbocycles. The number of nitrogen functional groups attached to an aromatic ring is 1. The summed E-state index contributed by atoms with van der Waals surface area (Å²) < 4.78 is 11.1. The summed E-state index contributed by atoms with van der Waals surface area (Å²) in [7, 11) is 0. The van der Waals surface area contributed by atoms with Crippen LogP contribution < -0.4 is 20.7 Å². The number of carbonyl (C=O) groups excluding carboxylic acids is 2. The number of ether oxygens (including phenoxy) is 2. The lowest BCUT2D eigenvalue weighted by Gasteiger charge is -2.33. The number of amides is 2. The molecule has 0 saturated heterocycles. The molecule has 3 rings (SSSR count). The molecule has 1 aromatic heterocycles. The number of nitrogens with zero attached hydrogens (tertiary/aromatic N) is 3. The van der Waals surface area contributed by atoms with Gasteiger partial charge in [0.15, 0.2) is 0 Å². The van der Waals surface area contributed by atoms with E-state index in [1.165, 1.54) is 11.3 Å². The molecule has 0 bridgehead atoms. The van der Waals surface area contributed by atoms with Crippen LogP contribution in [0.5, 0.6) is 11.5 Å². The maximum Gasteiger partial charge on any atom is 0.412 e. The Labute approximate surface area is 202 Å². The molecule has 0 unspecified atom stereocenters. The van der Waals surface area contributed by atoms with Crippen molar-refractivity contribution < 1.29 is 19.1 Å². The minimum atomic E-state index is -0.584. The SMILES string of the molecule is CC(C)(C)OC(=O)Nc1ccc(Oc2ccc(C(=O)N(c3nncs3)C(C)(C)C)cc2N)cc1. The van der Waals surface area contributed by atoms with Gasteiger partial charge < -0.3 is 15.2 Å². The topological polar surface area (TPSA) is 120 Å². The Morgan fingerprint density at radius 3 is 2.24 bits per heavy atom. The molecule has 0 atom stereocenters. The highest BCUT2D eigenvalue weighted by molar-refractivity contribution is 7.13. The average molecular weight is 484 g/mol.